The van der Waals surface area contributed by atoms with Gasteiger partial charge in [0.1, 0.15) is 11.6 Å². The van der Waals surface area contributed by atoms with E-state index in [1.807, 2.05) is 22.6 Å². The molecule has 2 nitrogen and oxygen atoms in total. The molecule has 0 saturated heterocycles. The smallest absolute Gasteiger partial charge is 0.252 e. The average Bonchev–Trinajstić information content (AvgIpc) is 2.41. The summed E-state index contributed by atoms with van der Waals surface area (Å²) in [5.41, 5.74) is 1.40. The first-order valence-corrected chi connectivity index (χ1v) is 7.12. The molecule has 104 valence electrons. The van der Waals surface area contributed by atoms with Crippen LogP contribution < -0.4 is 5.32 Å². The Hall–Kier alpha value is -1.50. The second kappa shape index (κ2) is 6.78. The van der Waals surface area contributed by atoms with Gasteiger partial charge in [0.2, 0.25) is 0 Å². The van der Waals surface area contributed by atoms with Gasteiger partial charge in [0.25, 0.3) is 5.91 Å². The fourth-order valence-corrected chi connectivity index (χ4v) is 2.46. The SMILES string of the molecule is O=C(NCCc1ccc(F)cc1)c1ccc(F)cc1I. The van der Waals surface area contributed by atoms with Gasteiger partial charge in [0, 0.05) is 10.1 Å². The number of hydrogen-bond donors (Lipinski definition) is 1. The minimum absolute atomic E-state index is 0.239. The van der Waals surface area contributed by atoms with Gasteiger partial charge < -0.3 is 5.32 Å². The molecule has 0 aromatic heterocycles. The van der Waals surface area contributed by atoms with E-state index in [0.717, 1.165) is 5.56 Å². The van der Waals surface area contributed by atoms with Crippen LogP contribution in [0.2, 0.25) is 0 Å². The predicted molar refractivity (Wildman–Crippen MR) is 81.6 cm³/mol. The first-order valence-electron chi connectivity index (χ1n) is 6.04. The maximum Gasteiger partial charge on any atom is 0.252 e. The third kappa shape index (κ3) is 4.00. The Balaban J connectivity index is 1.90. The molecule has 0 atom stereocenters. The Morgan fingerprint density at radius 2 is 1.70 bits per heavy atom. The molecule has 5 heteroatoms. The van der Waals surface area contributed by atoms with E-state index >= 15 is 0 Å². The lowest BCUT2D eigenvalue weighted by Gasteiger charge is -2.07. The fraction of sp³-hybridized carbons (Fsp3) is 0.133. The van der Waals surface area contributed by atoms with Gasteiger partial charge in [-0.3, -0.25) is 4.79 Å². The van der Waals surface area contributed by atoms with Gasteiger partial charge in [-0.05, 0) is 64.9 Å². The molecule has 1 N–H and O–H groups in total. The fourth-order valence-electron chi connectivity index (χ4n) is 1.74. The molecule has 0 aliphatic rings. The summed E-state index contributed by atoms with van der Waals surface area (Å²) in [5.74, 6) is -0.882. The summed E-state index contributed by atoms with van der Waals surface area (Å²) in [5, 5.41) is 2.76. The highest BCUT2D eigenvalue weighted by molar-refractivity contribution is 14.1. The summed E-state index contributed by atoms with van der Waals surface area (Å²) in [4.78, 5) is 11.9. The number of benzene rings is 2. The van der Waals surface area contributed by atoms with E-state index in [9.17, 15) is 13.6 Å². The summed E-state index contributed by atoms with van der Waals surface area (Å²) in [6.45, 7) is 0.442. The first-order chi connectivity index (χ1) is 9.56. The molecule has 0 fully saturated rings. The molecule has 2 aromatic carbocycles. The van der Waals surface area contributed by atoms with E-state index in [-0.39, 0.29) is 17.5 Å². The zero-order valence-corrected chi connectivity index (χ0v) is 12.7. The molecule has 0 heterocycles. The van der Waals surface area contributed by atoms with Gasteiger partial charge in [-0.15, -0.1) is 0 Å². The van der Waals surface area contributed by atoms with Gasteiger partial charge >= 0.3 is 0 Å². The van der Waals surface area contributed by atoms with E-state index in [1.165, 1.54) is 30.3 Å². The molecule has 20 heavy (non-hydrogen) atoms. The van der Waals surface area contributed by atoms with Crippen LogP contribution in [0.25, 0.3) is 0 Å². The zero-order valence-electron chi connectivity index (χ0n) is 10.5. The number of halogens is 3. The molecule has 0 spiro atoms. The minimum Gasteiger partial charge on any atom is -0.352 e. The van der Waals surface area contributed by atoms with Crippen LogP contribution in [0.15, 0.2) is 42.5 Å². The molecular formula is C15H12F2INO. The second-order valence-electron chi connectivity index (χ2n) is 4.26. The number of amides is 1. The highest BCUT2D eigenvalue weighted by Gasteiger charge is 2.09. The van der Waals surface area contributed by atoms with E-state index < -0.39 is 0 Å². The Morgan fingerprint density at radius 3 is 2.35 bits per heavy atom. The summed E-state index contributed by atoms with van der Waals surface area (Å²) in [6, 6.07) is 10.2. The Bertz CT molecular complexity index is 614. The van der Waals surface area contributed by atoms with Crippen LogP contribution in [0, 0.1) is 15.2 Å². The van der Waals surface area contributed by atoms with E-state index in [2.05, 4.69) is 5.32 Å². The maximum absolute atomic E-state index is 12.9. The highest BCUT2D eigenvalue weighted by Crippen LogP contribution is 2.13. The molecule has 0 saturated carbocycles. The molecule has 0 bridgehead atoms. The number of carbonyl (C=O) groups is 1. The summed E-state index contributed by atoms with van der Waals surface area (Å²) in [7, 11) is 0. The maximum atomic E-state index is 12.9. The first kappa shape index (κ1) is 14.9. The third-order valence-electron chi connectivity index (χ3n) is 2.79. The average molecular weight is 387 g/mol. The predicted octanol–water partition coefficient (Wildman–Crippen LogP) is 3.54. The van der Waals surface area contributed by atoms with Crippen molar-refractivity contribution >= 4 is 28.5 Å². The Labute approximate surface area is 129 Å². The van der Waals surface area contributed by atoms with Crippen LogP contribution in [0.1, 0.15) is 15.9 Å². The van der Waals surface area contributed by atoms with Crippen molar-refractivity contribution in [2.75, 3.05) is 6.54 Å². The summed E-state index contributed by atoms with van der Waals surface area (Å²) >= 11 is 1.93. The molecule has 0 aliphatic carbocycles. The van der Waals surface area contributed by atoms with Gasteiger partial charge in [-0.25, -0.2) is 8.78 Å². The van der Waals surface area contributed by atoms with Crippen LogP contribution in [0.4, 0.5) is 8.78 Å². The van der Waals surface area contributed by atoms with Crippen LogP contribution in [0.3, 0.4) is 0 Å². The van der Waals surface area contributed by atoms with Crippen LogP contribution in [0.5, 0.6) is 0 Å². The lowest BCUT2D eigenvalue weighted by atomic mass is 10.1. The standard InChI is InChI=1S/C15H12F2INO/c16-11-3-1-10(2-4-11)7-8-19-15(20)13-6-5-12(17)9-14(13)18/h1-6,9H,7-8H2,(H,19,20). The number of nitrogens with one attached hydrogen (secondary N) is 1. The van der Waals surface area contributed by atoms with Crippen molar-refractivity contribution in [2.45, 2.75) is 6.42 Å². The normalized spacial score (nSPS) is 10.3. The largest absolute Gasteiger partial charge is 0.352 e. The lowest BCUT2D eigenvalue weighted by Crippen LogP contribution is -2.26. The van der Waals surface area contributed by atoms with Crippen molar-refractivity contribution in [3.8, 4) is 0 Å². The summed E-state index contributed by atoms with van der Waals surface area (Å²) in [6.07, 6.45) is 0.615. The topological polar surface area (TPSA) is 29.1 Å². The molecule has 2 rings (SSSR count). The van der Waals surface area contributed by atoms with Crippen LogP contribution in [-0.2, 0) is 6.42 Å². The van der Waals surface area contributed by atoms with Crippen molar-refractivity contribution in [3.63, 3.8) is 0 Å². The number of carbonyl (C=O) groups excluding carboxylic acids is 1. The molecule has 1 amide bonds. The monoisotopic (exact) mass is 387 g/mol. The van der Waals surface area contributed by atoms with E-state index in [4.69, 9.17) is 0 Å². The van der Waals surface area contributed by atoms with Gasteiger partial charge in [-0.2, -0.15) is 0 Å². The number of rotatable bonds is 4. The molecule has 0 aliphatic heterocycles. The van der Waals surface area contributed by atoms with Crippen molar-refractivity contribution < 1.29 is 13.6 Å². The highest BCUT2D eigenvalue weighted by atomic mass is 127. The van der Waals surface area contributed by atoms with Gasteiger partial charge in [0.05, 0.1) is 5.56 Å². The molecular weight excluding hydrogens is 375 g/mol. The van der Waals surface area contributed by atoms with Crippen molar-refractivity contribution in [1.29, 1.82) is 0 Å². The third-order valence-corrected chi connectivity index (χ3v) is 3.68. The van der Waals surface area contributed by atoms with Crippen molar-refractivity contribution in [2.24, 2.45) is 0 Å². The van der Waals surface area contributed by atoms with Crippen LogP contribution in [-0.4, -0.2) is 12.5 Å². The Kier molecular flexibility index (Phi) is 5.05. The van der Waals surface area contributed by atoms with Gasteiger partial charge in [-0.1, -0.05) is 12.1 Å². The lowest BCUT2D eigenvalue weighted by molar-refractivity contribution is 0.0953. The van der Waals surface area contributed by atoms with E-state index in [1.54, 1.807) is 12.1 Å². The Morgan fingerprint density at radius 1 is 1.05 bits per heavy atom. The number of hydrogen-bond acceptors (Lipinski definition) is 1. The summed E-state index contributed by atoms with van der Waals surface area (Å²) < 4.78 is 26.3. The minimum atomic E-state index is -0.364. The zero-order chi connectivity index (χ0) is 14.5. The van der Waals surface area contributed by atoms with Crippen molar-refractivity contribution in [1.82, 2.24) is 5.32 Å². The molecule has 0 radical (unpaired) electrons. The molecule has 0 unspecified atom stereocenters. The quantitative estimate of drug-likeness (QED) is 0.800. The van der Waals surface area contributed by atoms with Gasteiger partial charge in [0.15, 0.2) is 0 Å². The van der Waals surface area contributed by atoms with E-state index in [0.29, 0.717) is 22.1 Å². The van der Waals surface area contributed by atoms with Crippen molar-refractivity contribution in [3.05, 3.63) is 68.8 Å². The molecule has 2 aromatic rings. The van der Waals surface area contributed by atoms with Crippen LogP contribution >= 0.6 is 22.6 Å². The second-order valence-corrected chi connectivity index (χ2v) is 5.42.